The number of nitrogens with zero attached hydrogens (tertiary/aromatic N) is 2. The van der Waals surface area contributed by atoms with Gasteiger partial charge in [0.15, 0.2) is 17.6 Å². The smallest absolute Gasteiger partial charge is 0.262 e. The molecule has 0 saturated heterocycles. The van der Waals surface area contributed by atoms with Crippen molar-refractivity contribution >= 4 is 41.2 Å². The highest BCUT2D eigenvalue weighted by Crippen LogP contribution is 2.30. The highest BCUT2D eigenvalue weighted by Gasteiger charge is 2.25. The van der Waals surface area contributed by atoms with E-state index < -0.39 is 24.0 Å². The van der Waals surface area contributed by atoms with Gasteiger partial charge < -0.3 is 19.5 Å². The van der Waals surface area contributed by atoms with Gasteiger partial charge in [-0.15, -0.1) is 0 Å². The summed E-state index contributed by atoms with van der Waals surface area (Å²) in [6.45, 7) is 4.00. The van der Waals surface area contributed by atoms with Crippen molar-refractivity contribution in [2.24, 2.45) is 5.10 Å². The van der Waals surface area contributed by atoms with Crippen molar-refractivity contribution < 1.29 is 23.8 Å². The molecule has 46 heavy (non-hydrogen) atoms. The number of rotatable bonds is 14. The van der Waals surface area contributed by atoms with Gasteiger partial charge in [0, 0.05) is 17.0 Å². The maximum Gasteiger partial charge on any atom is 0.262 e. The lowest BCUT2D eigenvalue weighted by molar-refractivity contribution is -0.132. The molecule has 2 atom stereocenters. The summed E-state index contributed by atoms with van der Waals surface area (Å²) in [5, 5.41) is 16.9. The van der Waals surface area contributed by atoms with E-state index in [1.807, 2.05) is 49.4 Å². The monoisotopic (exact) mass is 658 g/mol. The van der Waals surface area contributed by atoms with Crippen molar-refractivity contribution in [2.75, 3.05) is 6.61 Å². The predicted octanol–water partition coefficient (Wildman–Crippen LogP) is 6.49. The summed E-state index contributed by atoms with van der Waals surface area (Å²) in [6, 6.07) is 27.6. The first kappa shape index (κ1) is 33.8. The molecule has 2 amide bonds. The number of carbonyl (C=O) groups is 2. The summed E-state index contributed by atoms with van der Waals surface area (Å²) < 4.78 is 17.4. The minimum atomic E-state index is -0.959. The number of hydrogen-bond acceptors (Lipinski definition) is 7. The number of carbonyl (C=O) groups excluding carboxylic acids is 2. The van der Waals surface area contributed by atoms with Crippen LogP contribution in [0.5, 0.6) is 17.2 Å². The van der Waals surface area contributed by atoms with Gasteiger partial charge >= 0.3 is 0 Å². The van der Waals surface area contributed by atoms with Gasteiger partial charge in [-0.3, -0.25) is 9.59 Å². The molecule has 0 fully saturated rings. The molecular weight excluding hydrogens is 627 g/mol. The van der Waals surface area contributed by atoms with Crippen LogP contribution in [0.1, 0.15) is 36.1 Å². The molecular formula is C35H32Cl2N4O5. The number of nitriles is 1. The number of nitrogens with one attached hydrogen (secondary N) is 2. The van der Waals surface area contributed by atoms with E-state index in [4.69, 9.17) is 37.4 Å². The first-order valence-electron chi connectivity index (χ1n) is 14.4. The van der Waals surface area contributed by atoms with E-state index in [2.05, 4.69) is 21.9 Å². The fourth-order valence-electron chi connectivity index (χ4n) is 4.31. The molecule has 0 heterocycles. The van der Waals surface area contributed by atoms with Crippen molar-refractivity contribution in [3.8, 4) is 23.3 Å². The molecule has 0 aliphatic heterocycles. The molecule has 236 valence electrons. The summed E-state index contributed by atoms with van der Waals surface area (Å²) in [4.78, 5) is 26.3. The van der Waals surface area contributed by atoms with Gasteiger partial charge in [0.2, 0.25) is 0 Å². The Morgan fingerprint density at radius 3 is 2.39 bits per heavy atom. The van der Waals surface area contributed by atoms with Crippen molar-refractivity contribution in [2.45, 2.75) is 39.0 Å². The molecule has 11 heteroatoms. The lowest BCUT2D eigenvalue weighted by Gasteiger charge is -2.21. The molecule has 0 aromatic heterocycles. The molecule has 4 aromatic carbocycles. The second kappa shape index (κ2) is 16.9. The number of halogens is 2. The number of benzene rings is 4. The van der Waals surface area contributed by atoms with E-state index in [9.17, 15) is 14.9 Å². The van der Waals surface area contributed by atoms with Crippen LogP contribution in [-0.4, -0.2) is 36.8 Å². The molecule has 0 radical (unpaired) electrons. The third-order valence-corrected chi connectivity index (χ3v) is 7.19. The first-order chi connectivity index (χ1) is 22.3. The molecule has 4 aromatic rings. The van der Waals surface area contributed by atoms with Crippen LogP contribution in [0.25, 0.3) is 0 Å². The van der Waals surface area contributed by atoms with Crippen molar-refractivity contribution in [1.82, 2.24) is 10.7 Å². The Bertz CT molecular complexity index is 1730. The van der Waals surface area contributed by atoms with Crippen molar-refractivity contribution in [3.63, 3.8) is 0 Å². The fourth-order valence-corrected chi connectivity index (χ4v) is 4.77. The van der Waals surface area contributed by atoms with Gasteiger partial charge in [-0.05, 0) is 67.4 Å². The number of hydrazone groups is 1. The van der Waals surface area contributed by atoms with Crippen LogP contribution in [-0.2, 0) is 22.6 Å². The van der Waals surface area contributed by atoms with E-state index in [1.165, 1.54) is 12.3 Å². The Balaban J connectivity index is 1.43. The Kier molecular flexibility index (Phi) is 12.4. The zero-order valence-electron chi connectivity index (χ0n) is 25.2. The van der Waals surface area contributed by atoms with Crippen LogP contribution in [0.4, 0.5) is 0 Å². The maximum atomic E-state index is 13.3. The van der Waals surface area contributed by atoms with Crippen LogP contribution >= 0.6 is 23.2 Å². The van der Waals surface area contributed by atoms with Crippen LogP contribution in [0, 0.1) is 11.3 Å². The molecule has 0 aliphatic rings. The molecule has 4 rings (SSSR count). The third-order valence-electron chi connectivity index (χ3n) is 6.66. The average molecular weight is 660 g/mol. The summed E-state index contributed by atoms with van der Waals surface area (Å²) in [5.74, 6) is 0.234. The van der Waals surface area contributed by atoms with Crippen LogP contribution in [0.3, 0.4) is 0 Å². The molecule has 0 aliphatic carbocycles. The van der Waals surface area contributed by atoms with Crippen molar-refractivity contribution in [1.29, 1.82) is 5.26 Å². The summed E-state index contributed by atoms with van der Waals surface area (Å²) >= 11 is 12.1. The first-order valence-corrected chi connectivity index (χ1v) is 15.2. The minimum absolute atomic E-state index is 0.193. The molecule has 0 bridgehead atoms. The highest BCUT2D eigenvalue weighted by molar-refractivity contribution is 6.35. The van der Waals surface area contributed by atoms with E-state index in [-0.39, 0.29) is 23.8 Å². The van der Waals surface area contributed by atoms with Gasteiger partial charge in [-0.2, -0.15) is 10.4 Å². The summed E-state index contributed by atoms with van der Waals surface area (Å²) in [7, 11) is 0. The van der Waals surface area contributed by atoms with Gasteiger partial charge in [0.05, 0.1) is 29.5 Å². The fraction of sp³-hybridized carbons (Fsp3) is 0.200. The molecule has 9 nitrogen and oxygen atoms in total. The van der Waals surface area contributed by atoms with Crippen LogP contribution < -0.4 is 25.0 Å². The summed E-state index contributed by atoms with van der Waals surface area (Å²) in [5.41, 5.74) is 5.30. The Labute approximate surface area is 277 Å². The van der Waals surface area contributed by atoms with Crippen molar-refractivity contribution in [3.05, 3.63) is 123 Å². The van der Waals surface area contributed by atoms with E-state index in [1.54, 1.807) is 49.4 Å². The van der Waals surface area contributed by atoms with Gasteiger partial charge in [0.1, 0.15) is 18.4 Å². The summed E-state index contributed by atoms with van der Waals surface area (Å²) in [6.07, 6.45) is 0.724. The predicted molar refractivity (Wildman–Crippen MR) is 177 cm³/mol. The zero-order chi connectivity index (χ0) is 32.9. The Hall–Kier alpha value is -5.04. The highest BCUT2D eigenvalue weighted by atomic mass is 35.5. The van der Waals surface area contributed by atoms with Gasteiger partial charge in [-0.25, -0.2) is 5.43 Å². The topological polar surface area (TPSA) is 122 Å². The number of hydrogen-bond donors (Lipinski definition) is 2. The lowest BCUT2D eigenvalue weighted by Crippen LogP contribution is -2.50. The third kappa shape index (κ3) is 9.73. The van der Waals surface area contributed by atoms with E-state index in [0.717, 1.165) is 11.1 Å². The van der Waals surface area contributed by atoms with Gasteiger partial charge in [-0.1, -0.05) is 71.7 Å². The maximum absolute atomic E-state index is 13.3. The van der Waals surface area contributed by atoms with E-state index in [0.29, 0.717) is 34.3 Å². The molecule has 2 N–H and O–H groups in total. The van der Waals surface area contributed by atoms with Crippen LogP contribution in [0.2, 0.25) is 10.0 Å². The molecule has 0 spiro atoms. The standard InChI is InChI=1S/C35H32Cl2N4O5/c1-3-44-33-18-25(13-15-32(33)45-22-27-12-8-7-11-26(27)20-38)21-39-41-35(43)30(17-24-9-5-4-6-10-24)40-34(42)23(2)46-31-16-14-28(36)19-29(31)37/h4-16,18-19,21,23,30H,3,17,22H2,1-2H3,(H,40,42)(H,41,43)/b39-21-/t23-,30-/m0/s1. The van der Waals surface area contributed by atoms with Gasteiger partial charge in [0.25, 0.3) is 11.8 Å². The quantitative estimate of drug-likeness (QED) is 0.118. The molecule has 0 unspecified atom stereocenters. The molecule has 0 saturated carbocycles. The second-order valence-corrected chi connectivity index (χ2v) is 10.9. The SMILES string of the molecule is CCOc1cc(/C=N\NC(=O)[C@H](Cc2ccccc2)NC(=O)[C@H](C)Oc2ccc(Cl)cc2Cl)ccc1OCc1ccccc1C#N. The Morgan fingerprint density at radius 1 is 0.913 bits per heavy atom. The largest absolute Gasteiger partial charge is 0.490 e. The lowest BCUT2D eigenvalue weighted by atomic mass is 10.1. The Morgan fingerprint density at radius 2 is 1.65 bits per heavy atom. The number of amides is 2. The average Bonchev–Trinajstić information content (AvgIpc) is 3.06. The minimum Gasteiger partial charge on any atom is -0.490 e. The second-order valence-electron chi connectivity index (χ2n) is 10.0. The normalized spacial score (nSPS) is 12.1. The zero-order valence-corrected chi connectivity index (χ0v) is 26.7. The van der Waals surface area contributed by atoms with E-state index >= 15 is 0 Å². The van der Waals surface area contributed by atoms with Crippen LogP contribution in [0.15, 0.2) is 96.1 Å². The number of ether oxygens (including phenoxy) is 3.